The highest BCUT2D eigenvalue weighted by molar-refractivity contribution is 6.31. The molecule has 224 valence electrons. The molecule has 6 atom stereocenters. The molecule has 0 spiro atoms. The van der Waals surface area contributed by atoms with Gasteiger partial charge in [-0.05, 0) is 56.0 Å². The number of carboxylic acids is 1. The number of fused-ring (bicyclic) bond motifs is 4. The van der Waals surface area contributed by atoms with E-state index in [9.17, 15) is 33.5 Å². The number of likely N-dealkylation sites (tertiary alicyclic amines) is 1. The number of hydrogen-bond donors (Lipinski definition) is 2. The topological polar surface area (TPSA) is 142 Å². The summed E-state index contributed by atoms with van der Waals surface area (Å²) < 4.78 is 19.6. The molecule has 1 saturated carbocycles. The van der Waals surface area contributed by atoms with Crippen LogP contribution in [0.1, 0.15) is 37.7 Å². The van der Waals surface area contributed by atoms with Gasteiger partial charge < -0.3 is 14.9 Å². The predicted molar refractivity (Wildman–Crippen MR) is 150 cm³/mol. The van der Waals surface area contributed by atoms with Crippen LogP contribution < -0.4 is 9.64 Å². The van der Waals surface area contributed by atoms with Crippen LogP contribution in [0.25, 0.3) is 0 Å². The second kappa shape index (κ2) is 10.2. The number of allylic oxidation sites excluding steroid dienone is 2. The highest BCUT2D eigenvalue weighted by Crippen LogP contribution is 2.65. The molecule has 2 aromatic rings. The third kappa shape index (κ3) is 4.08. The summed E-state index contributed by atoms with van der Waals surface area (Å²) >= 11 is 6.02. The maximum Gasteiger partial charge on any atom is 0.305 e. The number of carboxylic acid groups (broad SMARTS) is 1. The smallest absolute Gasteiger partial charge is 0.305 e. The van der Waals surface area contributed by atoms with E-state index in [0.717, 1.165) is 15.9 Å². The molecule has 0 bridgehead atoms. The summed E-state index contributed by atoms with van der Waals surface area (Å²) in [4.78, 5) is 68.8. The van der Waals surface area contributed by atoms with E-state index in [0.29, 0.717) is 5.57 Å². The Labute approximate surface area is 250 Å². The van der Waals surface area contributed by atoms with Crippen molar-refractivity contribution in [3.05, 3.63) is 64.5 Å². The summed E-state index contributed by atoms with van der Waals surface area (Å²) in [5.41, 5.74) is -0.483. The van der Waals surface area contributed by atoms with Gasteiger partial charge in [0.05, 0.1) is 47.4 Å². The van der Waals surface area contributed by atoms with Gasteiger partial charge in [0.15, 0.2) is 0 Å². The van der Waals surface area contributed by atoms with Gasteiger partial charge in [0.1, 0.15) is 17.3 Å². The SMILES string of the molecule is COc1cccc(O)c1C1C2=CCC3C(=O)N(CCC(=O)O)C(=O)C3C2CC2C(=O)N(c3ccc(F)c(Cl)c3)C(=O)C21C. The van der Waals surface area contributed by atoms with Gasteiger partial charge in [-0.1, -0.05) is 29.3 Å². The van der Waals surface area contributed by atoms with Crippen LogP contribution in [-0.2, 0) is 24.0 Å². The van der Waals surface area contributed by atoms with Gasteiger partial charge in [-0.2, -0.15) is 0 Å². The Morgan fingerprint density at radius 3 is 2.53 bits per heavy atom. The highest BCUT2D eigenvalue weighted by Gasteiger charge is 2.68. The van der Waals surface area contributed by atoms with Gasteiger partial charge in [-0.3, -0.25) is 28.9 Å². The van der Waals surface area contributed by atoms with Crippen molar-refractivity contribution in [1.29, 1.82) is 0 Å². The van der Waals surface area contributed by atoms with Crippen molar-refractivity contribution in [1.82, 2.24) is 4.90 Å². The molecule has 3 fully saturated rings. The molecule has 10 nitrogen and oxygen atoms in total. The number of aromatic hydroxyl groups is 1. The fourth-order valence-corrected chi connectivity index (χ4v) is 7.86. The molecular formula is C31H28ClFN2O8. The zero-order chi connectivity index (χ0) is 31.0. The Morgan fingerprint density at radius 1 is 1.12 bits per heavy atom. The average Bonchev–Trinajstić information content (AvgIpc) is 3.33. The van der Waals surface area contributed by atoms with Gasteiger partial charge >= 0.3 is 5.97 Å². The number of amides is 4. The van der Waals surface area contributed by atoms with Gasteiger partial charge in [0.25, 0.3) is 0 Å². The monoisotopic (exact) mass is 610 g/mol. The first-order chi connectivity index (χ1) is 20.4. The Morgan fingerprint density at radius 2 is 1.86 bits per heavy atom. The molecule has 0 radical (unpaired) electrons. The number of phenolic OH excluding ortho intramolecular Hbond substituents is 1. The fraction of sp³-hybridized carbons (Fsp3) is 0.387. The Kier molecular flexibility index (Phi) is 6.83. The number of carbonyl (C=O) groups excluding carboxylic acids is 4. The molecule has 0 aromatic heterocycles. The van der Waals surface area contributed by atoms with Gasteiger partial charge in [-0.15, -0.1) is 0 Å². The second-order valence-electron chi connectivity index (χ2n) is 11.6. The summed E-state index contributed by atoms with van der Waals surface area (Å²) in [5, 5.41) is 20.1. The van der Waals surface area contributed by atoms with E-state index in [1.54, 1.807) is 19.1 Å². The van der Waals surface area contributed by atoms with Crippen molar-refractivity contribution in [3.8, 4) is 11.5 Å². The summed E-state index contributed by atoms with van der Waals surface area (Å²) in [5.74, 6) is -8.10. The molecule has 2 heterocycles. The van der Waals surface area contributed by atoms with Crippen LogP contribution in [0.5, 0.6) is 11.5 Å². The number of benzene rings is 2. The summed E-state index contributed by atoms with van der Waals surface area (Å²) in [6.07, 6.45) is 1.63. The Hall–Kier alpha value is -4.25. The number of phenols is 1. The van der Waals surface area contributed by atoms with E-state index < -0.39 is 76.8 Å². The van der Waals surface area contributed by atoms with Crippen LogP contribution in [0.15, 0.2) is 48.0 Å². The molecule has 2 aliphatic heterocycles. The lowest BCUT2D eigenvalue weighted by atomic mass is 9.51. The fourth-order valence-electron chi connectivity index (χ4n) is 7.69. The number of aliphatic carboxylic acids is 1. The van der Waals surface area contributed by atoms with E-state index in [1.807, 2.05) is 6.08 Å². The lowest BCUT2D eigenvalue weighted by molar-refractivity contribution is -0.142. The van der Waals surface area contributed by atoms with Crippen molar-refractivity contribution < 1.29 is 43.3 Å². The van der Waals surface area contributed by atoms with Gasteiger partial charge in [0, 0.05) is 18.0 Å². The Balaban J connectivity index is 1.52. The molecule has 6 unspecified atom stereocenters. The Bertz CT molecular complexity index is 1640. The van der Waals surface area contributed by atoms with Crippen molar-refractivity contribution in [3.63, 3.8) is 0 Å². The van der Waals surface area contributed by atoms with E-state index in [-0.39, 0.29) is 47.2 Å². The molecule has 4 amide bonds. The van der Waals surface area contributed by atoms with E-state index in [1.165, 1.54) is 25.3 Å². The van der Waals surface area contributed by atoms with E-state index in [4.69, 9.17) is 21.4 Å². The summed E-state index contributed by atoms with van der Waals surface area (Å²) in [6, 6.07) is 8.20. The van der Waals surface area contributed by atoms with E-state index >= 15 is 0 Å². The molecule has 2 aliphatic carbocycles. The third-order valence-electron chi connectivity index (χ3n) is 9.63. The quantitative estimate of drug-likeness (QED) is 0.371. The van der Waals surface area contributed by atoms with Crippen LogP contribution in [0.2, 0.25) is 5.02 Å². The van der Waals surface area contributed by atoms with Crippen molar-refractivity contribution in [2.45, 2.75) is 32.1 Å². The minimum absolute atomic E-state index is 0.0533. The first-order valence-corrected chi connectivity index (χ1v) is 14.3. The number of anilines is 1. The normalized spacial score (nSPS) is 29.8. The van der Waals surface area contributed by atoms with Gasteiger partial charge in [0.2, 0.25) is 23.6 Å². The summed E-state index contributed by atoms with van der Waals surface area (Å²) in [7, 11) is 1.41. The molecule has 2 aromatic carbocycles. The molecule has 2 saturated heterocycles. The lowest BCUT2D eigenvalue weighted by Gasteiger charge is -2.49. The minimum Gasteiger partial charge on any atom is -0.508 e. The number of methoxy groups -OCH3 is 1. The van der Waals surface area contributed by atoms with Crippen molar-refractivity contribution in [2.24, 2.45) is 29.1 Å². The van der Waals surface area contributed by atoms with E-state index in [2.05, 4.69) is 0 Å². The standard InChI is InChI=1S/C31H28ClFN2O8/c1-31-18(28(40)35(30(31)42)14-6-9-20(33)19(32)12-14)13-17-15(26(31)25-21(36)4-3-5-22(25)43-2)7-8-16-24(17)29(41)34(27(16)39)11-10-23(37)38/h3-7,9,12,16-18,24,26,36H,8,10-11,13H2,1-2H3,(H,37,38). The van der Waals surface area contributed by atoms with Crippen LogP contribution in [-0.4, -0.2) is 58.4 Å². The highest BCUT2D eigenvalue weighted by atomic mass is 35.5. The number of imide groups is 2. The number of nitrogens with zero attached hydrogens (tertiary/aromatic N) is 2. The molecular weight excluding hydrogens is 583 g/mol. The molecule has 4 aliphatic rings. The van der Waals surface area contributed by atoms with Crippen molar-refractivity contribution in [2.75, 3.05) is 18.6 Å². The lowest BCUT2D eigenvalue weighted by Crippen LogP contribution is -2.49. The molecule has 2 N–H and O–H groups in total. The van der Waals surface area contributed by atoms with Crippen LogP contribution in [0.3, 0.4) is 0 Å². The zero-order valence-electron chi connectivity index (χ0n) is 23.3. The first-order valence-electron chi connectivity index (χ1n) is 13.9. The molecule has 6 rings (SSSR count). The third-order valence-corrected chi connectivity index (χ3v) is 9.92. The number of carbonyl (C=O) groups is 5. The van der Waals surface area contributed by atoms with Gasteiger partial charge in [-0.25, -0.2) is 9.29 Å². The maximum absolute atomic E-state index is 14.4. The van der Waals surface area contributed by atoms with Crippen LogP contribution >= 0.6 is 11.6 Å². The van der Waals surface area contributed by atoms with Crippen LogP contribution in [0.4, 0.5) is 10.1 Å². The summed E-state index contributed by atoms with van der Waals surface area (Å²) in [6.45, 7) is 1.37. The van der Waals surface area contributed by atoms with Crippen molar-refractivity contribution >= 4 is 46.9 Å². The van der Waals surface area contributed by atoms with Crippen LogP contribution in [0, 0.1) is 34.9 Å². The average molecular weight is 611 g/mol. The molecule has 43 heavy (non-hydrogen) atoms. The number of ether oxygens (including phenoxy) is 1. The number of hydrogen-bond acceptors (Lipinski definition) is 7. The minimum atomic E-state index is -1.46. The second-order valence-corrected chi connectivity index (χ2v) is 12.0. The first kappa shape index (κ1) is 28.9. The number of rotatable bonds is 6. The molecule has 12 heteroatoms. The number of halogens is 2. The largest absolute Gasteiger partial charge is 0.508 e. The zero-order valence-corrected chi connectivity index (χ0v) is 24.0. The predicted octanol–water partition coefficient (Wildman–Crippen LogP) is 3.90. The maximum atomic E-state index is 14.4.